The molecule has 0 aliphatic rings. The Morgan fingerprint density at radius 1 is 1.44 bits per heavy atom. The second kappa shape index (κ2) is 4.74. The molecular weight excluding hydrogens is 245 g/mol. The fourth-order valence-electron chi connectivity index (χ4n) is 1.12. The van der Waals surface area contributed by atoms with Gasteiger partial charge in [-0.2, -0.15) is 0 Å². The Labute approximate surface area is 95.0 Å². The van der Waals surface area contributed by atoms with E-state index in [1.165, 1.54) is 12.1 Å². The van der Waals surface area contributed by atoms with Gasteiger partial charge in [0.25, 0.3) is 0 Å². The van der Waals surface area contributed by atoms with Crippen LogP contribution in [0.1, 0.15) is 23.7 Å². The molecule has 6 heteroatoms. The molecule has 0 heterocycles. The molecule has 0 saturated heterocycles. The fourth-order valence-corrected chi connectivity index (χ4v) is 1.39. The lowest BCUT2D eigenvalue weighted by molar-refractivity contribution is -0.274. The standard InChI is InChI=1S/C10H8ClF3O2/c1-2-7(15)6-4-3-5-8(9(6)11)16-10(12,13)14/h3-5H,2H2,1H3. The smallest absolute Gasteiger partial charge is 0.404 e. The molecular formula is C10H8ClF3O2. The van der Waals surface area contributed by atoms with Crippen molar-refractivity contribution in [1.29, 1.82) is 0 Å². The van der Waals surface area contributed by atoms with E-state index in [4.69, 9.17) is 11.6 Å². The zero-order valence-corrected chi connectivity index (χ0v) is 9.02. The summed E-state index contributed by atoms with van der Waals surface area (Å²) in [4.78, 5) is 11.3. The Hall–Kier alpha value is -1.23. The first-order valence-corrected chi connectivity index (χ1v) is 4.80. The van der Waals surface area contributed by atoms with Gasteiger partial charge in [0.05, 0.1) is 5.02 Å². The highest BCUT2D eigenvalue weighted by Gasteiger charge is 2.32. The molecule has 1 rings (SSSR count). The zero-order chi connectivity index (χ0) is 12.3. The Morgan fingerprint density at radius 3 is 2.56 bits per heavy atom. The predicted octanol–water partition coefficient (Wildman–Crippen LogP) is 3.83. The van der Waals surface area contributed by atoms with Crippen LogP contribution in [0.3, 0.4) is 0 Å². The number of hydrogen-bond acceptors (Lipinski definition) is 2. The second-order valence-corrected chi connectivity index (χ2v) is 3.32. The molecule has 0 atom stereocenters. The number of rotatable bonds is 3. The average molecular weight is 253 g/mol. The summed E-state index contributed by atoms with van der Waals surface area (Å²) < 4.78 is 39.6. The lowest BCUT2D eigenvalue weighted by Gasteiger charge is -2.11. The van der Waals surface area contributed by atoms with E-state index in [2.05, 4.69) is 4.74 Å². The molecule has 0 aromatic heterocycles. The highest BCUT2D eigenvalue weighted by Crippen LogP contribution is 2.32. The number of halogens is 4. The van der Waals surface area contributed by atoms with Crippen molar-refractivity contribution in [2.45, 2.75) is 19.7 Å². The van der Waals surface area contributed by atoms with E-state index in [-0.39, 0.29) is 22.8 Å². The molecule has 0 saturated carbocycles. The van der Waals surface area contributed by atoms with Crippen molar-refractivity contribution in [2.24, 2.45) is 0 Å². The number of carbonyl (C=O) groups excluding carboxylic acids is 1. The first-order valence-electron chi connectivity index (χ1n) is 4.42. The summed E-state index contributed by atoms with van der Waals surface area (Å²) >= 11 is 5.64. The second-order valence-electron chi connectivity index (χ2n) is 2.94. The third-order valence-electron chi connectivity index (χ3n) is 1.81. The Balaban J connectivity index is 3.09. The number of ether oxygens (including phenoxy) is 1. The summed E-state index contributed by atoms with van der Waals surface area (Å²) in [7, 11) is 0. The SMILES string of the molecule is CCC(=O)c1cccc(OC(F)(F)F)c1Cl. The number of hydrogen-bond donors (Lipinski definition) is 0. The lowest BCUT2D eigenvalue weighted by Crippen LogP contribution is -2.17. The molecule has 1 aromatic carbocycles. The molecule has 0 aliphatic carbocycles. The van der Waals surface area contributed by atoms with E-state index >= 15 is 0 Å². The quantitative estimate of drug-likeness (QED) is 0.764. The van der Waals surface area contributed by atoms with Crippen molar-refractivity contribution in [1.82, 2.24) is 0 Å². The lowest BCUT2D eigenvalue weighted by atomic mass is 10.1. The molecule has 0 unspecified atom stereocenters. The van der Waals surface area contributed by atoms with Crippen LogP contribution in [0.2, 0.25) is 5.02 Å². The fraction of sp³-hybridized carbons (Fsp3) is 0.300. The Bertz CT molecular complexity index is 402. The third-order valence-corrected chi connectivity index (χ3v) is 2.20. The van der Waals surface area contributed by atoms with Gasteiger partial charge in [0.1, 0.15) is 5.75 Å². The Kier molecular flexibility index (Phi) is 3.80. The average Bonchev–Trinajstić information content (AvgIpc) is 2.18. The van der Waals surface area contributed by atoms with Crippen LogP contribution in [0, 0.1) is 0 Å². The van der Waals surface area contributed by atoms with Gasteiger partial charge in [-0.3, -0.25) is 4.79 Å². The molecule has 0 fully saturated rings. The third kappa shape index (κ3) is 3.13. The molecule has 88 valence electrons. The summed E-state index contributed by atoms with van der Waals surface area (Å²) in [6.45, 7) is 1.59. The molecule has 0 N–H and O–H groups in total. The van der Waals surface area contributed by atoms with Gasteiger partial charge in [0.2, 0.25) is 0 Å². The highest BCUT2D eigenvalue weighted by molar-refractivity contribution is 6.35. The van der Waals surface area contributed by atoms with Crippen molar-refractivity contribution in [3.8, 4) is 5.75 Å². The maximum Gasteiger partial charge on any atom is 0.573 e. The van der Waals surface area contributed by atoms with Gasteiger partial charge < -0.3 is 4.74 Å². The van der Waals surface area contributed by atoms with Gasteiger partial charge in [0, 0.05) is 12.0 Å². The number of benzene rings is 1. The molecule has 0 aliphatic heterocycles. The van der Waals surface area contributed by atoms with Crippen molar-refractivity contribution in [3.63, 3.8) is 0 Å². The molecule has 0 amide bonds. The largest absolute Gasteiger partial charge is 0.573 e. The monoisotopic (exact) mass is 252 g/mol. The van der Waals surface area contributed by atoms with Crippen LogP contribution in [-0.2, 0) is 0 Å². The van der Waals surface area contributed by atoms with Crippen LogP contribution < -0.4 is 4.74 Å². The van der Waals surface area contributed by atoms with Gasteiger partial charge in [-0.15, -0.1) is 13.2 Å². The van der Waals surface area contributed by atoms with Crippen molar-refractivity contribution >= 4 is 17.4 Å². The van der Waals surface area contributed by atoms with E-state index in [9.17, 15) is 18.0 Å². The number of alkyl halides is 3. The maximum absolute atomic E-state index is 12.0. The molecule has 1 aromatic rings. The van der Waals surface area contributed by atoms with Crippen LogP contribution in [0.4, 0.5) is 13.2 Å². The van der Waals surface area contributed by atoms with E-state index in [1.807, 2.05) is 0 Å². The van der Waals surface area contributed by atoms with Gasteiger partial charge in [0.15, 0.2) is 5.78 Å². The van der Waals surface area contributed by atoms with E-state index in [0.29, 0.717) is 0 Å². The molecule has 0 spiro atoms. The van der Waals surface area contributed by atoms with E-state index in [0.717, 1.165) is 6.07 Å². The van der Waals surface area contributed by atoms with Crippen LogP contribution >= 0.6 is 11.6 Å². The van der Waals surface area contributed by atoms with Gasteiger partial charge >= 0.3 is 6.36 Å². The molecule has 0 bridgehead atoms. The van der Waals surface area contributed by atoms with Crippen LogP contribution in [-0.4, -0.2) is 12.1 Å². The summed E-state index contributed by atoms with van der Waals surface area (Å²) in [5.41, 5.74) is 0.0333. The van der Waals surface area contributed by atoms with E-state index in [1.54, 1.807) is 6.92 Å². The summed E-state index contributed by atoms with van der Waals surface area (Å²) in [5, 5.41) is -0.313. The molecule has 0 radical (unpaired) electrons. The minimum absolute atomic E-state index is 0.0333. The van der Waals surface area contributed by atoms with Crippen molar-refractivity contribution in [2.75, 3.05) is 0 Å². The summed E-state index contributed by atoms with van der Waals surface area (Å²) in [5.74, 6) is -0.897. The van der Waals surface area contributed by atoms with Crippen molar-refractivity contribution in [3.05, 3.63) is 28.8 Å². The highest BCUT2D eigenvalue weighted by atomic mass is 35.5. The molecule has 2 nitrogen and oxygen atoms in total. The van der Waals surface area contributed by atoms with Gasteiger partial charge in [-0.25, -0.2) is 0 Å². The minimum Gasteiger partial charge on any atom is -0.404 e. The van der Waals surface area contributed by atoms with E-state index < -0.39 is 12.1 Å². The number of carbonyl (C=O) groups is 1. The Morgan fingerprint density at radius 2 is 2.06 bits per heavy atom. The zero-order valence-electron chi connectivity index (χ0n) is 8.27. The van der Waals surface area contributed by atoms with Gasteiger partial charge in [-0.05, 0) is 12.1 Å². The van der Waals surface area contributed by atoms with Crippen molar-refractivity contribution < 1.29 is 22.7 Å². The summed E-state index contributed by atoms with van der Waals surface area (Å²) in [6, 6.07) is 3.70. The first kappa shape index (κ1) is 12.8. The van der Waals surface area contributed by atoms with Gasteiger partial charge in [-0.1, -0.05) is 24.6 Å². The maximum atomic E-state index is 12.0. The van der Waals surface area contributed by atoms with Crippen LogP contribution in [0.15, 0.2) is 18.2 Å². The number of Topliss-reactive ketones (excluding diaryl/α,β-unsaturated/α-hetero) is 1. The van der Waals surface area contributed by atoms with Crippen LogP contribution in [0.25, 0.3) is 0 Å². The molecule has 16 heavy (non-hydrogen) atoms. The number of ketones is 1. The predicted molar refractivity (Wildman–Crippen MR) is 52.8 cm³/mol. The normalized spacial score (nSPS) is 11.3. The summed E-state index contributed by atoms with van der Waals surface area (Å²) in [6.07, 6.45) is -4.66. The first-order chi connectivity index (χ1) is 7.35. The van der Waals surface area contributed by atoms with Crippen LogP contribution in [0.5, 0.6) is 5.75 Å². The minimum atomic E-state index is -4.82. The topological polar surface area (TPSA) is 26.3 Å².